The van der Waals surface area contributed by atoms with E-state index in [-0.39, 0.29) is 5.91 Å². The van der Waals surface area contributed by atoms with Gasteiger partial charge in [0.25, 0.3) is 0 Å². The zero-order valence-corrected chi connectivity index (χ0v) is 12.4. The first-order valence-electron chi connectivity index (χ1n) is 7.40. The summed E-state index contributed by atoms with van der Waals surface area (Å²) in [7, 11) is 0. The zero-order chi connectivity index (χ0) is 14.4. The fraction of sp³-hybridized carbons (Fsp3) is 0.562. The first-order valence-corrected chi connectivity index (χ1v) is 7.40. The Bertz CT molecular complexity index is 449. The van der Waals surface area contributed by atoms with Crippen LogP contribution in [0.25, 0.3) is 0 Å². The highest BCUT2D eigenvalue weighted by Crippen LogP contribution is 2.22. The minimum Gasteiger partial charge on any atom is -0.386 e. The molecule has 1 heterocycles. The molecule has 0 aromatic carbocycles. The zero-order valence-electron chi connectivity index (χ0n) is 12.4. The van der Waals surface area contributed by atoms with Gasteiger partial charge < -0.3 is 15.0 Å². The normalized spacial score (nSPS) is 19.4. The molecule has 0 radical (unpaired) electrons. The Morgan fingerprint density at radius 1 is 1.40 bits per heavy atom. The van der Waals surface area contributed by atoms with Crippen LogP contribution in [0.1, 0.15) is 33.1 Å². The highest BCUT2D eigenvalue weighted by Gasteiger charge is 2.22. The highest BCUT2D eigenvalue weighted by atomic mass is 16.5. The van der Waals surface area contributed by atoms with Crippen LogP contribution in [-0.4, -0.2) is 37.1 Å². The van der Waals surface area contributed by atoms with Crippen molar-refractivity contribution in [3.8, 4) is 0 Å². The molecule has 20 heavy (non-hydrogen) atoms. The largest absolute Gasteiger partial charge is 0.386 e. The molecule has 1 N–H and O–H groups in total. The van der Waals surface area contributed by atoms with Gasteiger partial charge in [0.1, 0.15) is 0 Å². The van der Waals surface area contributed by atoms with Crippen LogP contribution in [0.4, 0.5) is 0 Å². The summed E-state index contributed by atoms with van der Waals surface area (Å²) >= 11 is 0. The highest BCUT2D eigenvalue weighted by molar-refractivity contribution is 5.80. The van der Waals surface area contributed by atoms with Gasteiger partial charge in [-0.2, -0.15) is 0 Å². The lowest BCUT2D eigenvalue weighted by Gasteiger charge is -2.16. The van der Waals surface area contributed by atoms with Gasteiger partial charge >= 0.3 is 0 Å². The number of hydrogen-bond donors (Lipinski definition) is 1. The summed E-state index contributed by atoms with van der Waals surface area (Å²) in [6.45, 7) is 7.24. The van der Waals surface area contributed by atoms with E-state index in [1.165, 1.54) is 11.3 Å². The van der Waals surface area contributed by atoms with Gasteiger partial charge in [0, 0.05) is 43.9 Å². The van der Waals surface area contributed by atoms with Gasteiger partial charge in [0.2, 0.25) is 5.91 Å². The SMILES string of the molecule is CCOCCNC1=CC=C(N2CCCC2=O)C=C(C)C1. The number of ether oxygens (including phenoxy) is 1. The van der Waals surface area contributed by atoms with Crippen molar-refractivity contribution in [2.45, 2.75) is 33.1 Å². The molecule has 1 aliphatic carbocycles. The quantitative estimate of drug-likeness (QED) is 0.757. The van der Waals surface area contributed by atoms with Crippen LogP contribution in [0.3, 0.4) is 0 Å². The lowest BCUT2D eigenvalue weighted by Crippen LogP contribution is -2.22. The molecular formula is C16H24N2O2. The van der Waals surface area contributed by atoms with Crippen molar-refractivity contribution in [1.29, 1.82) is 0 Å². The summed E-state index contributed by atoms with van der Waals surface area (Å²) in [4.78, 5) is 13.7. The van der Waals surface area contributed by atoms with Crippen molar-refractivity contribution < 1.29 is 9.53 Å². The van der Waals surface area contributed by atoms with E-state index in [0.29, 0.717) is 6.42 Å². The second-order valence-corrected chi connectivity index (χ2v) is 5.22. The van der Waals surface area contributed by atoms with Gasteiger partial charge in [-0.05, 0) is 38.5 Å². The average molecular weight is 276 g/mol. The number of allylic oxidation sites excluding steroid dienone is 4. The monoisotopic (exact) mass is 276 g/mol. The second kappa shape index (κ2) is 7.29. The Kier molecular flexibility index (Phi) is 5.41. The molecule has 0 aromatic heterocycles. The number of likely N-dealkylation sites (tertiary alicyclic amines) is 1. The Morgan fingerprint density at radius 3 is 2.95 bits per heavy atom. The molecule has 0 unspecified atom stereocenters. The Balaban J connectivity index is 1.99. The van der Waals surface area contributed by atoms with E-state index in [4.69, 9.17) is 4.74 Å². The van der Waals surface area contributed by atoms with E-state index in [9.17, 15) is 4.79 Å². The molecule has 4 nitrogen and oxygen atoms in total. The maximum atomic E-state index is 11.8. The lowest BCUT2D eigenvalue weighted by atomic mass is 10.1. The minimum absolute atomic E-state index is 0.237. The standard InChI is InChI=1S/C16H24N2O2/c1-3-20-10-8-17-14-6-7-15(12-13(2)11-14)18-9-4-5-16(18)19/h6-7,12,17H,3-5,8-11H2,1-2H3. The molecule has 2 rings (SSSR count). The van der Waals surface area contributed by atoms with Gasteiger partial charge in [-0.25, -0.2) is 0 Å². The second-order valence-electron chi connectivity index (χ2n) is 5.22. The molecule has 2 aliphatic rings. The number of carbonyl (C=O) groups excluding carboxylic acids is 1. The minimum atomic E-state index is 0.237. The van der Waals surface area contributed by atoms with Gasteiger partial charge in [-0.3, -0.25) is 4.79 Å². The van der Waals surface area contributed by atoms with Gasteiger partial charge in [-0.15, -0.1) is 0 Å². The molecule has 0 spiro atoms. The van der Waals surface area contributed by atoms with Gasteiger partial charge in [0.05, 0.1) is 6.61 Å². The molecule has 0 atom stereocenters. The number of amides is 1. The van der Waals surface area contributed by atoms with E-state index in [1.807, 2.05) is 17.9 Å². The van der Waals surface area contributed by atoms with Crippen molar-refractivity contribution in [2.24, 2.45) is 0 Å². The number of nitrogens with one attached hydrogen (secondary N) is 1. The molecule has 0 saturated carbocycles. The summed E-state index contributed by atoms with van der Waals surface area (Å²) < 4.78 is 5.33. The summed E-state index contributed by atoms with van der Waals surface area (Å²) in [5.74, 6) is 0.237. The molecular weight excluding hydrogens is 252 g/mol. The lowest BCUT2D eigenvalue weighted by molar-refractivity contribution is -0.125. The van der Waals surface area contributed by atoms with Gasteiger partial charge in [0.15, 0.2) is 0 Å². The van der Waals surface area contributed by atoms with Crippen LogP contribution in [0.5, 0.6) is 0 Å². The van der Waals surface area contributed by atoms with E-state index in [1.54, 1.807) is 0 Å². The van der Waals surface area contributed by atoms with Crippen LogP contribution < -0.4 is 5.32 Å². The van der Waals surface area contributed by atoms with Crippen LogP contribution >= 0.6 is 0 Å². The molecule has 1 aliphatic heterocycles. The molecule has 1 amide bonds. The van der Waals surface area contributed by atoms with E-state index in [0.717, 1.165) is 44.8 Å². The maximum absolute atomic E-state index is 11.8. The van der Waals surface area contributed by atoms with Gasteiger partial charge in [-0.1, -0.05) is 5.57 Å². The number of rotatable bonds is 6. The van der Waals surface area contributed by atoms with Crippen molar-refractivity contribution in [3.63, 3.8) is 0 Å². The fourth-order valence-electron chi connectivity index (χ4n) is 2.54. The summed E-state index contributed by atoms with van der Waals surface area (Å²) in [5.41, 5.74) is 3.47. The third kappa shape index (κ3) is 3.97. The van der Waals surface area contributed by atoms with Crippen molar-refractivity contribution >= 4 is 5.91 Å². The van der Waals surface area contributed by atoms with Crippen molar-refractivity contribution in [1.82, 2.24) is 10.2 Å². The summed E-state index contributed by atoms with van der Waals surface area (Å²) in [6, 6.07) is 0. The Morgan fingerprint density at radius 2 is 2.25 bits per heavy atom. The average Bonchev–Trinajstić information content (AvgIpc) is 2.76. The fourth-order valence-corrected chi connectivity index (χ4v) is 2.54. The predicted octanol–water partition coefficient (Wildman–Crippen LogP) is 2.35. The summed E-state index contributed by atoms with van der Waals surface area (Å²) in [5, 5.41) is 3.40. The molecule has 0 aromatic rings. The van der Waals surface area contributed by atoms with Crippen LogP contribution in [0, 0.1) is 0 Å². The maximum Gasteiger partial charge on any atom is 0.227 e. The van der Waals surface area contributed by atoms with Crippen molar-refractivity contribution in [3.05, 3.63) is 35.2 Å². The molecule has 110 valence electrons. The Hall–Kier alpha value is -1.55. The first kappa shape index (κ1) is 14.9. The number of carbonyl (C=O) groups is 1. The third-order valence-corrected chi connectivity index (χ3v) is 3.51. The molecule has 1 fully saturated rings. The van der Waals surface area contributed by atoms with Crippen molar-refractivity contribution in [2.75, 3.05) is 26.3 Å². The Labute approximate surface area is 121 Å². The first-order chi connectivity index (χ1) is 9.70. The predicted molar refractivity (Wildman–Crippen MR) is 80.0 cm³/mol. The topological polar surface area (TPSA) is 41.6 Å². The molecule has 1 saturated heterocycles. The van der Waals surface area contributed by atoms with Crippen LogP contribution in [0.2, 0.25) is 0 Å². The molecule has 0 bridgehead atoms. The van der Waals surface area contributed by atoms with E-state index < -0.39 is 0 Å². The number of nitrogens with zero attached hydrogens (tertiary/aromatic N) is 1. The van der Waals surface area contributed by atoms with Crippen LogP contribution in [-0.2, 0) is 9.53 Å². The van der Waals surface area contributed by atoms with E-state index >= 15 is 0 Å². The molecule has 4 heteroatoms. The van der Waals surface area contributed by atoms with Crippen LogP contribution in [0.15, 0.2) is 35.2 Å². The smallest absolute Gasteiger partial charge is 0.227 e. The summed E-state index contributed by atoms with van der Waals surface area (Å²) in [6.07, 6.45) is 8.79. The number of hydrogen-bond acceptors (Lipinski definition) is 3. The van der Waals surface area contributed by atoms with E-state index in [2.05, 4.69) is 24.4 Å². The third-order valence-electron chi connectivity index (χ3n) is 3.51.